The highest BCUT2D eigenvalue weighted by Gasteiger charge is 2.13. The number of fused-ring (bicyclic) bond motifs is 3. The molecule has 16 heavy (non-hydrogen) atoms. The molecule has 3 heteroatoms. The molecule has 3 rings (SSSR count). The predicted octanol–water partition coefficient (Wildman–Crippen LogP) is 2.45. The van der Waals surface area contributed by atoms with Crippen LogP contribution in [0, 0.1) is 6.92 Å². The molecule has 1 aromatic heterocycles. The second kappa shape index (κ2) is 3.74. The van der Waals surface area contributed by atoms with E-state index in [1.54, 1.807) is 0 Å². The SMILES string of the molecule is Cc1ccc2c(c1)-n1cnnc1CCCC2. The Labute approximate surface area is 95.1 Å². The normalized spacial score (nSPS) is 14.8. The molecule has 0 atom stereocenters. The highest BCUT2D eigenvalue weighted by atomic mass is 15.3. The van der Waals surface area contributed by atoms with Crippen molar-refractivity contribution in [2.45, 2.75) is 32.6 Å². The molecule has 2 aromatic rings. The summed E-state index contributed by atoms with van der Waals surface area (Å²) in [4.78, 5) is 0. The summed E-state index contributed by atoms with van der Waals surface area (Å²) >= 11 is 0. The quantitative estimate of drug-likeness (QED) is 0.673. The van der Waals surface area contributed by atoms with Gasteiger partial charge in [-0.1, -0.05) is 12.1 Å². The van der Waals surface area contributed by atoms with Gasteiger partial charge < -0.3 is 0 Å². The summed E-state index contributed by atoms with van der Waals surface area (Å²) < 4.78 is 2.14. The first-order valence-electron chi connectivity index (χ1n) is 5.83. The fourth-order valence-electron chi connectivity index (χ4n) is 2.34. The summed E-state index contributed by atoms with van der Waals surface area (Å²) in [7, 11) is 0. The lowest BCUT2D eigenvalue weighted by Crippen LogP contribution is -2.08. The highest BCUT2D eigenvalue weighted by molar-refractivity contribution is 5.44. The zero-order valence-corrected chi connectivity index (χ0v) is 9.48. The fraction of sp³-hybridized carbons (Fsp3) is 0.385. The van der Waals surface area contributed by atoms with E-state index in [2.05, 4.69) is 39.9 Å². The van der Waals surface area contributed by atoms with Gasteiger partial charge in [0.25, 0.3) is 0 Å². The Hall–Kier alpha value is -1.64. The molecule has 3 nitrogen and oxygen atoms in total. The lowest BCUT2D eigenvalue weighted by atomic mass is 10.0. The molecule has 0 N–H and O–H groups in total. The molecule has 0 spiro atoms. The highest BCUT2D eigenvalue weighted by Crippen LogP contribution is 2.23. The molecular weight excluding hydrogens is 198 g/mol. The lowest BCUT2D eigenvalue weighted by Gasteiger charge is -2.16. The van der Waals surface area contributed by atoms with Crippen LogP contribution in [0.5, 0.6) is 0 Å². The molecule has 2 heterocycles. The molecule has 1 aliphatic heterocycles. The molecule has 0 radical (unpaired) electrons. The Bertz CT molecular complexity index is 514. The average molecular weight is 213 g/mol. The number of rotatable bonds is 0. The Morgan fingerprint density at radius 2 is 2.06 bits per heavy atom. The van der Waals surface area contributed by atoms with Gasteiger partial charge in [-0.3, -0.25) is 4.57 Å². The zero-order chi connectivity index (χ0) is 11.0. The van der Waals surface area contributed by atoms with E-state index in [1.165, 1.54) is 29.7 Å². The van der Waals surface area contributed by atoms with Crippen molar-refractivity contribution in [1.82, 2.24) is 14.8 Å². The van der Waals surface area contributed by atoms with E-state index < -0.39 is 0 Å². The molecule has 1 aromatic carbocycles. The number of hydrogen-bond donors (Lipinski definition) is 0. The Kier molecular flexibility index (Phi) is 2.24. The van der Waals surface area contributed by atoms with Crippen molar-refractivity contribution in [2.24, 2.45) is 0 Å². The van der Waals surface area contributed by atoms with Gasteiger partial charge in [0.15, 0.2) is 0 Å². The number of benzene rings is 1. The largest absolute Gasteiger partial charge is 0.285 e. The lowest BCUT2D eigenvalue weighted by molar-refractivity contribution is 0.675. The third-order valence-corrected chi connectivity index (χ3v) is 3.22. The summed E-state index contributed by atoms with van der Waals surface area (Å²) in [6, 6.07) is 6.65. The third-order valence-electron chi connectivity index (χ3n) is 3.22. The number of nitrogens with zero attached hydrogens (tertiary/aromatic N) is 3. The summed E-state index contributed by atoms with van der Waals surface area (Å²) in [6.45, 7) is 2.13. The maximum absolute atomic E-state index is 4.20. The smallest absolute Gasteiger partial charge is 0.137 e. The van der Waals surface area contributed by atoms with Gasteiger partial charge in [0.2, 0.25) is 0 Å². The molecule has 0 unspecified atom stereocenters. The van der Waals surface area contributed by atoms with Gasteiger partial charge in [-0.25, -0.2) is 0 Å². The van der Waals surface area contributed by atoms with Crippen LogP contribution < -0.4 is 0 Å². The van der Waals surface area contributed by atoms with Crippen LogP contribution >= 0.6 is 0 Å². The Morgan fingerprint density at radius 1 is 1.19 bits per heavy atom. The second-order valence-corrected chi connectivity index (χ2v) is 4.46. The van der Waals surface area contributed by atoms with Crippen molar-refractivity contribution in [2.75, 3.05) is 0 Å². The fourth-order valence-corrected chi connectivity index (χ4v) is 2.34. The molecular formula is C13H15N3. The van der Waals surface area contributed by atoms with Gasteiger partial charge in [-0.05, 0) is 43.4 Å². The van der Waals surface area contributed by atoms with Crippen LogP contribution in [0.4, 0.5) is 0 Å². The minimum absolute atomic E-state index is 1.04. The summed E-state index contributed by atoms with van der Waals surface area (Å²) in [5.41, 5.74) is 3.96. The minimum Gasteiger partial charge on any atom is -0.285 e. The van der Waals surface area contributed by atoms with E-state index in [4.69, 9.17) is 0 Å². The van der Waals surface area contributed by atoms with Crippen LogP contribution in [-0.2, 0) is 12.8 Å². The van der Waals surface area contributed by atoms with E-state index in [-0.39, 0.29) is 0 Å². The van der Waals surface area contributed by atoms with Crippen LogP contribution in [0.3, 0.4) is 0 Å². The van der Waals surface area contributed by atoms with Gasteiger partial charge >= 0.3 is 0 Å². The van der Waals surface area contributed by atoms with Crippen molar-refractivity contribution < 1.29 is 0 Å². The minimum atomic E-state index is 1.04. The number of hydrogen-bond acceptors (Lipinski definition) is 2. The van der Waals surface area contributed by atoms with Crippen LogP contribution in [0.25, 0.3) is 5.69 Å². The van der Waals surface area contributed by atoms with E-state index in [0.29, 0.717) is 0 Å². The standard InChI is InChI=1S/C13H15N3/c1-10-6-7-11-4-2-3-5-13-15-14-9-16(13)12(11)8-10/h6-9H,2-5H2,1H3. The molecule has 0 bridgehead atoms. The van der Waals surface area contributed by atoms with Gasteiger partial charge in [-0.15, -0.1) is 10.2 Å². The first kappa shape index (κ1) is 9.58. The first-order chi connectivity index (χ1) is 7.84. The van der Waals surface area contributed by atoms with Gasteiger partial charge in [-0.2, -0.15) is 0 Å². The summed E-state index contributed by atoms with van der Waals surface area (Å²) in [5.74, 6) is 1.09. The molecule has 82 valence electrons. The van der Waals surface area contributed by atoms with Crippen LogP contribution in [0.15, 0.2) is 24.5 Å². The van der Waals surface area contributed by atoms with Crippen molar-refractivity contribution in [3.8, 4) is 5.69 Å². The summed E-state index contributed by atoms with van der Waals surface area (Å²) in [6.07, 6.45) is 6.47. The number of aromatic nitrogens is 3. The van der Waals surface area contributed by atoms with Crippen LogP contribution in [-0.4, -0.2) is 14.8 Å². The summed E-state index contributed by atoms with van der Waals surface area (Å²) in [5, 5.41) is 8.23. The first-order valence-corrected chi connectivity index (χ1v) is 5.83. The molecule has 0 amide bonds. The maximum atomic E-state index is 4.20. The van der Waals surface area contributed by atoms with E-state index in [1.807, 2.05) is 6.33 Å². The van der Waals surface area contributed by atoms with Crippen molar-refractivity contribution in [1.29, 1.82) is 0 Å². The Morgan fingerprint density at radius 3 is 3.00 bits per heavy atom. The Balaban J connectivity index is 2.22. The molecule has 0 fully saturated rings. The van der Waals surface area contributed by atoms with Crippen molar-refractivity contribution in [3.63, 3.8) is 0 Å². The van der Waals surface area contributed by atoms with Crippen LogP contribution in [0.1, 0.15) is 29.8 Å². The maximum Gasteiger partial charge on any atom is 0.137 e. The molecule has 0 aliphatic carbocycles. The van der Waals surface area contributed by atoms with Gasteiger partial charge in [0.05, 0.1) is 5.69 Å². The van der Waals surface area contributed by atoms with E-state index in [9.17, 15) is 0 Å². The topological polar surface area (TPSA) is 30.7 Å². The monoisotopic (exact) mass is 213 g/mol. The van der Waals surface area contributed by atoms with E-state index in [0.717, 1.165) is 18.7 Å². The van der Waals surface area contributed by atoms with Crippen LogP contribution in [0.2, 0.25) is 0 Å². The molecule has 1 aliphatic rings. The van der Waals surface area contributed by atoms with Gasteiger partial charge in [0, 0.05) is 6.42 Å². The molecule has 0 saturated heterocycles. The number of aryl methyl sites for hydroxylation is 3. The molecule has 0 saturated carbocycles. The van der Waals surface area contributed by atoms with Gasteiger partial charge in [0.1, 0.15) is 12.2 Å². The predicted molar refractivity (Wildman–Crippen MR) is 62.7 cm³/mol. The third kappa shape index (κ3) is 1.52. The van der Waals surface area contributed by atoms with Crippen molar-refractivity contribution in [3.05, 3.63) is 41.5 Å². The van der Waals surface area contributed by atoms with E-state index >= 15 is 0 Å². The average Bonchev–Trinajstić information content (AvgIpc) is 2.70. The van der Waals surface area contributed by atoms with Crippen molar-refractivity contribution >= 4 is 0 Å². The second-order valence-electron chi connectivity index (χ2n) is 4.46. The zero-order valence-electron chi connectivity index (χ0n) is 9.48.